The van der Waals surface area contributed by atoms with Crippen molar-refractivity contribution in [3.8, 4) is 0 Å². The maximum Gasteiger partial charge on any atom is 0.238 e. The summed E-state index contributed by atoms with van der Waals surface area (Å²) in [6.07, 6.45) is 0. The second-order valence-electron chi connectivity index (χ2n) is 4.29. The third-order valence-corrected chi connectivity index (χ3v) is 3.65. The topological polar surface area (TPSA) is 72.2 Å². The second-order valence-corrected chi connectivity index (χ2v) is 5.85. The largest absolute Gasteiger partial charge is 0.379 e. The van der Waals surface area contributed by atoms with Gasteiger partial charge in [-0.05, 0) is 35.9 Å². The molecule has 0 unspecified atom stereocenters. The molecule has 21 heavy (non-hydrogen) atoms. The highest BCUT2D eigenvalue weighted by Gasteiger charge is 2.11. The van der Waals surface area contributed by atoms with Crippen LogP contribution in [0.2, 0.25) is 0 Å². The maximum absolute atomic E-state index is 13.7. The first-order valence-electron chi connectivity index (χ1n) is 5.77. The molecule has 8 heteroatoms. The molecule has 4 nitrogen and oxygen atoms in total. The smallest absolute Gasteiger partial charge is 0.238 e. The predicted octanol–water partition coefficient (Wildman–Crippen LogP) is 2.36. The van der Waals surface area contributed by atoms with Crippen molar-refractivity contribution in [2.24, 2.45) is 5.14 Å². The molecule has 0 fully saturated rings. The van der Waals surface area contributed by atoms with Gasteiger partial charge in [0.25, 0.3) is 0 Å². The number of sulfonamides is 1. The van der Waals surface area contributed by atoms with Crippen molar-refractivity contribution < 1.29 is 21.6 Å². The lowest BCUT2D eigenvalue weighted by Crippen LogP contribution is -2.12. The summed E-state index contributed by atoms with van der Waals surface area (Å²) in [5, 5.41) is 7.53. The third-order valence-electron chi connectivity index (χ3n) is 2.74. The van der Waals surface area contributed by atoms with Gasteiger partial charge in [-0.3, -0.25) is 0 Å². The van der Waals surface area contributed by atoms with Gasteiger partial charge in [0.15, 0.2) is 11.6 Å². The van der Waals surface area contributed by atoms with Crippen LogP contribution in [0.5, 0.6) is 0 Å². The lowest BCUT2D eigenvalue weighted by atomic mass is 10.2. The minimum absolute atomic E-state index is 0.0205. The molecule has 0 amide bonds. The van der Waals surface area contributed by atoms with E-state index in [-0.39, 0.29) is 17.1 Å². The zero-order valence-electron chi connectivity index (χ0n) is 10.6. The van der Waals surface area contributed by atoms with Gasteiger partial charge in [0, 0.05) is 6.54 Å². The summed E-state index contributed by atoms with van der Waals surface area (Å²) in [5.74, 6) is -2.79. The Bertz CT molecular complexity index is 779. The molecule has 0 aromatic heterocycles. The van der Waals surface area contributed by atoms with Gasteiger partial charge in [-0.25, -0.2) is 26.7 Å². The summed E-state index contributed by atoms with van der Waals surface area (Å²) in [5.41, 5.74) is 0.427. The number of nitrogens with one attached hydrogen (secondary N) is 1. The summed E-state index contributed by atoms with van der Waals surface area (Å²) >= 11 is 0. The molecular weight excluding hydrogens is 305 g/mol. The van der Waals surface area contributed by atoms with Crippen LogP contribution in [0, 0.1) is 17.5 Å². The fourth-order valence-electron chi connectivity index (χ4n) is 1.66. The number of halogens is 3. The maximum atomic E-state index is 13.7. The Labute approximate surface area is 119 Å². The summed E-state index contributed by atoms with van der Waals surface area (Å²) in [4.78, 5) is -0.349. The highest BCUT2D eigenvalue weighted by molar-refractivity contribution is 7.89. The van der Waals surface area contributed by atoms with E-state index >= 15 is 0 Å². The van der Waals surface area contributed by atoms with Crippen LogP contribution in [0.4, 0.5) is 18.9 Å². The van der Waals surface area contributed by atoms with Crippen LogP contribution < -0.4 is 10.5 Å². The van der Waals surface area contributed by atoms with Gasteiger partial charge >= 0.3 is 0 Å². The van der Waals surface area contributed by atoms with E-state index in [1.165, 1.54) is 12.1 Å². The van der Waals surface area contributed by atoms with Crippen LogP contribution in [-0.2, 0) is 16.6 Å². The lowest BCUT2D eigenvalue weighted by molar-refractivity contribution is 0.507. The normalized spacial score (nSPS) is 11.4. The van der Waals surface area contributed by atoms with Crippen molar-refractivity contribution >= 4 is 15.7 Å². The highest BCUT2D eigenvalue weighted by atomic mass is 32.2. The molecule has 0 aliphatic heterocycles. The highest BCUT2D eigenvalue weighted by Crippen LogP contribution is 2.19. The Hall–Kier alpha value is -2.06. The van der Waals surface area contributed by atoms with Gasteiger partial charge in [-0.2, -0.15) is 0 Å². The molecule has 0 spiro atoms. The molecule has 3 N–H and O–H groups in total. The van der Waals surface area contributed by atoms with Crippen molar-refractivity contribution in [2.45, 2.75) is 11.4 Å². The Morgan fingerprint density at radius 2 is 1.67 bits per heavy atom. The van der Waals surface area contributed by atoms with E-state index in [4.69, 9.17) is 5.14 Å². The van der Waals surface area contributed by atoms with Crippen LogP contribution in [0.1, 0.15) is 5.56 Å². The molecule has 0 saturated carbocycles. The van der Waals surface area contributed by atoms with Crippen LogP contribution in [0.15, 0.2) is 41.3 Å². The van der Waals surface area contributed by atoms with E-state index in [1.807, 2.05) is 0 Å². The van der Waals surface area contributed by atoms with E-state index in [9.17, 15) is 21.6 Å². The number of hydrogen-bond donors (Lipinski definition) is 2. The SMILES string of the molecule is NS(=O)(=O)c1ccc(NCc2ccc(F)c(F)c2)c(F)c1. The fourth-order valence-corrected chi connectivity index (χ4v) is 2.19. The van der Waals surface area contributed by atoms with Gasteiger partial charge in [0.1, 0.15) is 5.82 Å². The molecule has 0 bridgehead atoms. The number of rotatable bonds is 4. The number of anilines is 1. The minimum Gasteiger partial charge on any atom is -0.379 e. The van der Waals surface area contributed by atoms with E-state index < -0.39 is 27.5 Å². The molecule has 0 aliphatic rings. The first-order valence-corrected chi connectivity index (χ1v) is 7.32. The molecule has 2 aromatic carbocycles. The summed E-state index contributed by atoms with van der Waals surface area (Å²) in [6, 6.07) is 6.43. The molecule has 0 radical (unpaired) electrons. The second kappa shape index (κ2) is 5.74. The quantitative estimate of drug-likeness (QED) is 0.909. The molecular formula is C13H11F3N2O2S. The van der Waals surface area contributed by atoms with Gasteiger partial charge in [-0.15, -0.1) is 0 Å². The molecule has 2 rings (SSSR count). The molecule has 0 aliphatic carbocycles. The fraction of sp³-hybridized carbons (Fsp3) is 0.0769. The zero-order valence-corrected chi connectivity index (χ0v) is 11.4. The molecule has 0 heterocycles. The monoisotopic (exact) mass is 316 g/mol. The Kier molecular flexibility index (Phi) is 4.19. The predicted molar refractivity (Wildman–Crippen MR) is 71.5 cm³/mol. The molecule has 2 aromatic rings. The average molecular weight is 316 g/mol. The van der Waals surface area contributed by atoms with Crippen molar-refractivity contribution in [1.29, 1.82) is 0 Å². The van der Waals surface area contributed by atoms with Gasteiger partial charge in [-0.1, -0.05) is 6.07 Å². The van der Waals surface area contributed by atoms with E-state index in [0.29, 0.717) is 5.56 Å². The summed E-state index contributed by atoms with van der Waals surface area (Å²) in [7, 11) is -3.98. The Morgan fingerprint density at radius 3 is 2.24 bits per heavy atom. The summed E-state index contributed by atoms with van der Waals surface area (Å²) in [6.45, 7) is 0.0445. The number of hydrogen-bond acceptors (Lipinski definition) is 3. The summed E-state index contributed by atoms with van der Waals surface area (Å²) < 4.78 is 61.6. The average Bonchev–Trinajstić information content (AvgIpc) is 2.40. The van der Waals surface area contributed by atoms with Crippen molar-refractivity contribution in [3.05, 3.63) is 59.4 Å². The van der Waals surface area contributed by atoms with E-state index in [1.54, 1.807) is 0 Å². The van der Waals surface area contributed by atoms with Crippen LogP contribution >= 0.6 is 0 Å². The first-order chi connectivity index (χ1) is 9.77. The van der Waals surface area contributed by atoms with Gasteiger partial charge in [0.2, 0.25) is 10.0 Å². The number of benzene rings is 2. The van der Waals surface area contributed by atoms with Gasteiger partial charge in [0.05, 0.1) is 10.6 Å². The lowest BCUT2D eigenvalue weighted by Gasteiger charge is -2.09. The Balaban J connectivity index is 2.15. The van der Waals surface area contributed by atoms with Crippen molar-refractivity contribution in [2.75, 3.05) is 5.32 Å². The molecule has 0 saturated heterocycles. The number of nitrogens with two attached hydrogens (primary N) is 1. The minimum atomic E-state index is -3.98. The van der Waals surface area contributed by atoms with Crippen molar-refractivity contribution in [3.63, 3.8) is 0 Å². The molecule has 112 valence electrons. The third kappa shape index (κ3) is 3.73. The molecule has 0 atom stereocenters. The first kappa shape index (κ1) is 15.3. The standard InChI is InChI=1S/C13H11F3N2O2S/c14-10-3-1-8(5-11(10)15)7-18-13-4-2-9(6-12(13)16)21(17,19)20/h1-6,18H,7H2,(H2,17,19,20). The van der Waals surface area contributed by atoms with E-state index in [2.05, 4.69) is 5.32 Å². The van der Waals surface area contributed by atoms with Crippen LogP contribution in [0.25, 0.3) is 0 Å². The van der Waals surface area contributed by atoms with Crippen LogP contribution in [-0.4, -0.2) is 8.42 Å². The van der Waals surface area contributed by atoms with Gasteiger partial charge < -0.3 is 5.32 Å². The zero-order chi connectivity index (χ0) is 15.6. The number of primary sulfonamides is 1. The Morgan fingerprint density at radius 1 is 0.952 bits per heavy atom. The van der Waals surface area contributed by atoms with E-state index in [0.717, 1.165) is 24.3 Å². The van der Waals surface area contributed by atoms with Crippen LogP contribution in [0.3, 0.4) is 0 Å². The van der Waals surface area contributed by atoms with Crippen molar-refractivity contribution in [1.82, 2.24) is 0 Å².